The van der Waals surface area contributed by atoms with Crippen molar-refractivity contribution in [3.05, 3.63) is 38.7 Å². The molecule has 1 N–H and O–H groups in total. The topological polar surface area (TPSA) is 73.2 Å². The van der Waals surface area contributed by atoms with Gasteiger partial charge >= 0.3 is 0 Å². The molecular weight excluding hydrogens is 398 g/mol. The molecule has 140 valence electrons. The molecule has 0 spiro atoms. The fraction of sp³-hybridized carbons (Fsp3) is 0.526. The summed E-state index contributed by atoms with van der Waals surface area (Å²) in [7, 11) is 0. The summed E-state index contributed by atoms with van der Waals surface area (Å²) in [6, 6.07) is 5.61. The fourth-order valence-corrected chi connectivity index (χ4v) is 3.72. The summed E-state index contributed by atoms with van der Waals surface area (Å²) >= 11 is 3.45. The van der Waals surface area contributed by atoms with E-state index < -0.39 is 0 Å². The van der Waals surface area contributed by atoms with Crippen LogP contribution in [0.2, 0.25) is 0 Å². The zero-order valence-corrected chi connectivity index (χ0v) is 16.9. The minimum Gasteiger partial charge on any atom is -0.378 e. The van der Waals surface area contributed by atoms with E-state index in [2.05, 4.69) is 26.3 Å². The maximum Gasteiger partial charge on any atom is 0.275 e. The van der Waals surface area contributed by atoms with Gasteiger partial charge in [-0.3, -0.25) is 9.59 Å². The number of carbonyl (C=O) groups excluding carboxylic acids is 1. The van der Waals surface area contributed by atoms with Crippen LogP contribution in [0.4, 0.5) is 0 Å². The van der Waals surface area contributed by atoms with E-state index in [1.165, 1.54) is 4.68 Å². The van der Waals surface area contributed by atoms with Gasteiger partial charge in [-0.15, -0.1) is 0 Å². The Kier molecular flexibility index (Phi) is 5.77. The van der Waals surface area contributed by atoms with Crippen molar-refractivity contribution in [1.29, 1.82) is 0 Å². The lowest BCUT2D eigenvalue weighted by Gasteiger charge is -2.28. The molecule has 0 saturated carbocycles. The van der Waals surface area contributed by atoms with Crippen LogP contribution in [-0.4, -0.2) is 34.4 Å². The minimum absolute atomic E-state index is 0.0731. The van der Waals surface area contributed by atoms with Gasteiger partial charge in [-0.1, -0.05) is 29.8 Å². The molecule has 1 amide bonds. The summed E-state index contributed by atoms with van der Waals surface area (Å²) in [4.78, 5) is 25.2. The van der Waals surface area contributed by atoms with Crippen LogP contribution in [0.5, 0.6) is 0 Å². The lowest BCUT2D eigenvalue weighted by Crippen LogP contribution is -2.44. The number of fused-ring (bicyclic) bond motifs is 1. The van der Waals surface area contributed by atoms with Gasteiger partial charge in [-0.25, -0.2) is 4.68 Å². The van der Waals surface area contributed by atoms with Crippen LogP contribution in [0, 0.1) is 0 Å². The highest BCUT2D eigenvalue weighted by Gasteiger charge is 2.22. The Morgan fingerprint density at radius 1 is 1.42 bits per heavy atom. The van der Waals surface area contributed by atoms with E-state index in [1.54, 1.807) is 6.07 Å². The van der Waals surface area contributed by atoms with Crippen LogP contribution in [-0.2, 0) is 16.1 Å². The number of ether oxygens (including phenoxy) is 1. The normalized spacial score (nSPS) is 20.5. The van der Waals surface area contributed by atoms with Gasteiger partial charge < -0.3 is 10.1 Å². The van der Waals surface area contributed by atoms with Gasteiger partial charge in [0, 0.05) is 22.5 Å². The van der Waals surface area contributed by atoms with Crippen molar-refractivity contribution in [3.8, 4) is 0 Å². The molecule has 7 heteroatoms. The van der Waals surface area contributed by atoms with E-state index in [0.717, 1.165) is 28.4 Å². The highest BCUT2D eigenvalue weighted by molar-refractivity contribution is 9.10. The second kappa shape index (κ2) is 7.88. The van der Waals surface area contributed by atoms with Crippen LogP contribution >= 0.6 is 15.9 Å². The number of amides is 1. The van der Waals surface area contributed by atoms with Crippen molar-refractivity contribution in [2.24, 2.45) is 0 Å². The number of aromatic nitrogens is 2. The van der Waals surface area contributed by atoms with Gasteiger partial charge in [-0.05, 0) is 43.9 Å². The number of hydrogen-bond acceptors (Lipinski definition) is 4. The van der Waals surface area contributed by atoms with Crippen molar-refractivity contribution in [3.63, 3.8) is 0 Å². The van der Waals surface area contributed by atoms with Gasteiger partial charge in [0.1, 0.15) is 6.54 Å². The lowest BCUT2D eigenvalue weighted by atomic mass is 10.0. The van der Waals surface area contributed by atoms with Crippen molar-refractivity contribution in [2.45, 2.75) is 58.2 Å². The Hall–Kier alpha value is -1.73. The maximum atomic E-state index is 12.8. The van der Waals surface area contributed by atoms with Crippen LogP contribution < -0.4 is 10.9 Å². The molecule has 0 aliphatic carbocycles. The Balaban J connectivity index is 1.87. The van der Waals surface area contributed by atoms with E-state index in [-0.39, 0.29) is 36.1 Å². The molecule has 0 bridgehead atoms. The second-order valence-electron chi connectivity index (χ2n) is 7.16. The maximum absolute atomic E-state index is 12.8. The van der Waals surface area contributed by atoms with Gasteiger partial charge in [-0.2, -0.15) is 5.10 Å². The molecule has 1 aromatic carbocycles. The Morgan fingerprint density at radius 2 is 2.19 bits per heavy atom. The van der Waals surface area contributed by atoms with Crippen LogP contribution in [0.15, 0.2) is 27.5 Å². The Labute approximate surface area is 161 Å². The average molecular weight is 422 g/mol. The van der Waals surface area contributed by atoms with E-state index in [4.69, 9.17) is 4.74 Å². The molecule has 1 aliphatic rings. The molecular formula is C19H24BrN3O3. The summed E-state index contributed by atoms with van der Waals surface area (Å²) in [6.45, 7) is 6.63. The summed E-state index contributed by atoms with van der Waals surface area (Å²) in [5.41, 5.74) is 0.570. The molecule has 1 saturated heterocycles. The van der Waals surface area contributed by atoms with Crippen molar-refractivity contribution >= 4 is 32.6 Å². The zero-order chi connectivity index (χ0) is 18.8. The minimum atomic E-state index is -0.243. The first-order valence-corrected chi connectivity index (χ1v) is 9.75. The van der Waals surface area contributed by atoms with Gasteiger partial charge in [0.15, 0.2) is 0 Å². The number of hydrogen-bond donors (Lipinski definition) is 1. The molecule has 0 unspecified atom stereocenters. The SMILES string of the molecule is CC(C)c1nn(CC(=O)N[C@@H]2CCO[C@@H](C)C2)c(=O)c2ccc(Br)cc12. The van der Waals surface area contributed by atoms with Crippen LogP contribution in [0.25, 0.3) is 10.8 Å². The molecule has 1 aromatic heterocycles. The third-order valence-corrected chi connectivity index (χ3v) is 5.13. The number of rotatable bonds is 4. The number of nitrogens with zero attached hydrogens (tertiary/aromatic N) is 2. The third-order valence-electron chi connectivity index (χ3n) is 4.64. The van der Waals surface area contributed by atoms with E-state index in [0.29, 0.717) is 12.0 Å². The number of nitrogens with one attached hydrogen (secondary N) is 1. The molecule has 1 fully saturated rings. The van der Waals surface area contributed by atoms with Crippen LogP contribution in [0.1, 0.15) is 45.2 Å². The monoisotopic (exact) mass is 421 g/mol. The molecule has 2 atom stereocenters. The average Bonchev–Trinajstić information content (AvgIpc) is 2.57. The molecule has 0 radical (unpaired) electrons. The highest BCUT2D eigenvalue weighted by Crippen LogP contribution is 2.24. The number of carbonyl (C=O) groups is 1. The molecule has 26 heavy (non-hydrogen) atoms. The first-order chi connectivity index (χ1) is 12.3. The van der Waals surface area contributed by atoms with Crippen LogP contribution in [0.3, 0.4) is 0 Å². The summed E-state index contributed by atoms with van der Waals surface area (Å²) in [6.07, 6.45) is 1.72. The number of halogens is 1. The predicted octanol–water partition coefficient (Wildman–Crippen LogP) is 2.97. The molecule has 6 nitrogen and oxygen atoms in total. The Morgan fingerprint density at radius 3 is 2.88 bits per heavy atom. The van der Waals surface area contributed by atoms with Gasteiger partial charge in [0.05, 0.1) is 17.2 Å². The van der Waals surface area contributed by atoms with Gasteiger partial charge in [0.25, 0.3) is 5.56 Å². The molecule has 2 heterocycles. The fourth-order valence-electron chi connectivity index (χ4n) is 3.36. The molecule has 3 rings (SSSR count). The summed E-state index contributed by atoms with van der Waals surface area (Å²) < 4.78 is 7.69. The standard InChI is InChI=1S/C19H24BrN3O3/c1-11(2)18-16-9-13(20)4-5-15(16)19(25)23(22-18)10-17(24)21-14-6-7-26-12(3)8-14/h4-5,9,11-12,14H,6-8,10H2,1-3H3,(H,21,24)/t12-,14+/m0/s1. The lowest BCUT2D eigenvalue weighted by molar-refractivity contribution is -0.123. The largest absolute Gasteiger partial charge is 0.378 e. The van der Waals surface area contributed by atoms with E-state index in [9.17, 15) is 9.59 Å². The predicted molar refractivity (Wildman–Crippen MR) is 104 cm³/mol. The zero-order valence-electron chi connectivity index (χ0n) is 15.3. The highest BCUT2D eigenvalue weighted by atomic mass is 79.9. The van der Waals surface area contributed by atoms with E-state index >= 15 is 0 Å². The smallest absolute Gasteiger partial charge is 0.275 e. The molecule has 2 aromatic rings. The summed E-state index contributed by atoms with van der Waals surface area (Å²) in [5, 5.41) is 8.90. The van der Waals surface area contributed by atoms with Crippen molar-refractivity contribution < 1.29 is 9.53 Å². The van der Waals surface area contributed by atoms with Gasteiger partial charge in [0.2, 0.25) is 5.91 Å². The number of benzene rings is 1. The summed E-state index contributed by atoms with van der Waals surface area (Å²) in [5.74, 6) is -0.0529. The second-order valence-corrected chi connectivity index (χ2v) is 8.08. The van der Waals surface area contributed by atoms with E-state index in [1.807, 2.05) is 32.9 Å². The Bertz CT molecular complexity index is 878. The van der Waals surface area contributed by atoms with Crippen molar-refractivity contribution in [1.82, 2.24) is 15.1 Å². The first kappa shape index (κ1) is 19.0. The quantitative estimate of drug-likeness (QED) is 0.823. The third kappa shape index (κ3) is 4.15. The molecule has 1 aliphatic heterocycles. The van der Waals surface area contributed by atoms with Crippen molar-refractivity contribution in [2.75, 3.05) is 6.61 Å². The first-order valence-electron chi connectivity index (χ1n) is 8.96.